The highest BCUT2D eigenvalue weighted by molar-refractivity contribution is 6.30. The molecular formula is C16H17ClN2O2. The van der Waals surface area contributed by atoms with E-state index in [0.29, 0.717) is 10.7 Å². The summed E-state index contributed by atoms with van der Waals surface area (Å²) in [5, 5.41) is 13.3. The van der Waals surface area contributed by atoms with Crippen molar-refractivity contribution in [1.29, 1.82) is 0 Å². The van der Waals surface area contributed by atoms with Gasteiger partial charge in [-0.1, -0.05) is 35.9 Å². The molecule has 2 aromatic carbocycles. The number of aliphatic hydroxyl groups is 1. The van der Waals surface area contributed by atoms with Crippen molar-refractivity contribution in [2.45, 2.75) is 12.5 Å². The summed E-state index contributed by atoms with van der Waals surface area (Å²) in [5.41, 5.74) is 7.81. The fraction of sp³-hybridized carbons (Fsp3) is 0.188. The van der Waals surface area contributed by atoms with Crippen LogP contribution in [0.3, 0.4) is 0 Å². The second-order valence-electron chi connectivity index (χ2n) is 4.79. The average Bonchev–Trinajstić information content (AvgIpc) is 2.48. The van der Waals surface area contributed by atoms with Crippen LogP contribution in [0.1, 0.15) is 17.2 Å². The number of nitrogen functional groups attached to an aromatic ring is 1. The van der Waals surface area contributed by atoms with Crippen LogP contribution < -0.4 is 11.1 Å². The molecule has 0 radical (unpaired) electrons. The molecule has 4 N–H and O–H groups in total. The van der Waals surface area contributed by atoms with E-state index in [1.807, 2.05) is 0 Å². The van der Waals surface area contributed by atoms with E-state index in [2.05, 4.69) is 5.32 Å². The number of nitrogens with two attached hydrogens (primary N) is 1. The van der Waals surface area contributed by atoms with Crippen LogP contribution in [-0.4, -0.2) is 17.6 Å². The minimum Gasteiger partial charge on any atom is -0.399 e. The van der Waals surface area contributed by atoms with Gasteiger partial charge in [-0.25, -0.2) is 0 Å². The molecule has 1 amide bonds. The first-order chi connectivity index (χ1) is 10.0. The normalized spacial score (nSPS) is 11.9. The first-order valence-corrected chi connectivity index (χ1v) is 6.97. The topological polar surface area (TPSA) is 75.3 Å². The summed E-state index contributed by atoms with van der Waals surface area (Å²) in [7, 11) is 0. The molecule has 0 spiro atoms. The molecule has 0 bridgehead atoms. The Bertz CT molecular complexity index is 597. The van der Waals surface area contributed by atoms with Crippen molar-refractivity contribution in [3.8, 4) is 0 Å². The van der Waals surface area contributed by atoms with E-state index in [4.69, 9.17) is 17.3 Å². The molecule has 2 rings (SSSR count). The largest absolute Gasteiger partial charge is 0.399 e. The van der Waals surface area contributed by atoms with E-state index < -0.39 is 6.10 Å². The lowest BCUT2D eigenvalue weighted by molar-refractivity contribution is -0.120. The van der Waals surface area contributed by atoms with Crippen molar-refractivity contribution < 1.29 is 9.90 Å². The summed E-state index contributed by atoms with van der Waals surface area (Å²) in [6, 6.07) is 14.0. The summed E-state index contributed by atoms with van der Waals surface area (Å²) in [6.07, 6.45) is -0.495. The zero-order valence-electron chi connectivity index (χ0n) is 11.4. The first-order valence-electron chi connectivity index (χ1n) is 6.59. The van der Waals surface area contributed by atoms with E-state index >= 15 is 0 Å². The van der Waals surface area contributed by atoms with E-state index in [1.54, 1.807) is 48.5 Å². The monoisotopic (exact) mass is 304 g/mol. The molecule has 4 nitrogen and oxygen atoms in total. The summed E-state index contributed by atoms with van der Waals surface area (Å²) >= 11 is 5.79. The molecule has 0 fully saturated rings. The van der Waals surface area contributed by atoms with Gasteiger partial charge in [0.15, 0.2) is 0 Å². The van der Waals surface area contributed by atoms with Crippen molar-refractivity contribution in [3.05, 3.63) is 64.7 Å². The highest BCUT2D eigenvalue weighted by Crippen LogP contribution is 2.14. The Morgan fingerprint density at radius 3 is 2.38 bits per heavy atom. The maximum atomic E-state index is 11.8. The Morgan fingerprint density at radius 2 is 1.76 bits per heavy atom. The molecule has 1 atom stereocenters. The Morgan fingerprint density at radius 1 is 1.14 bits per heavy atom. The number of carbonyl (C=O) groups excluding carboxylic acids is 1. The van der Waals surface area contributed by atoms with Gasteiger partial charge in [-0.05, 0) is 35.4 Å². The molecule has 0 aliphatic carbocycles. The summed E-state index contributed by atoms with van der Waals surface area (Å²) in [5.74, 6) is -0.146. The van der Waals surface area contributed by atoms with Gasteiger partial charge in [0.1, 0.15) is 0 Å². The van der Waals surface area contributed by atoms with Crippen LogP contribution in [-0.2, 0) is 11.2 Å². The predicted octanol–water partition coefficient (Wildman–Crippen LogP) is 2.31. The molecule has 0 aliphatic heterocycles. The zero-order chi connectivity index (χ0) is 15.2. The van der Waals surface area contributed by atoms with Crippen LogP contribution in [0.15, 0.2) is 48.5 Å². The van der Waals surface area contributed by atoms with Crippen LogP contribution >= 0.6 is 11.6 Å². The van der Waals surface area contributed by atoms with Gasteiger partial charge in [0.2, 0.25) is 5.91 Å². The number of rotatable bonds is 5. The maximum absolute atomic E-state index is 11.8. The van der Waals surface area contributed by atoms with E-state index in [1.165, 1.54) is 0 Å². The Balaban J connectivity index is 1.83. The van der Waals surface area contributed by atoms with Crippen molar-refractivity contribution >= 4 is 23.2 Å². The van der Waals surface area contributed by atoms with Gasteiger partial charge in [-0.2, -0.15) is 0 Å². The highest BCUT2D eigenvalue weighted by Gasteiger charge is 2.09. The number of hydrogen-bond acceptors (Lipinski definition) is 3. The quantitative estimate of drug-likeness (QED) is 0.742. The van der Waals surface area contributed by atoms with Crippen molar-refractivity contribution in [3.63, 3.8) is 0 Å². The molecular weight excluding hydrogens is 288 g/mol. The molecule has 0 saturated heterocycles. The zero-order valence-corrected chi connectivity index (χ0v) is 12.2. The van der Waals surface area contributed by atoms with Crippen LogP contribution in [0.25, 0.3) is 0 Å². The van der Waals surface area contributed by atoms with E-state index in [9.17, 15) is 9.90 Å². The van der Waals surface area contributed by atoms with E-state index in [0.717, 1.165) is 11.1 Å². The summed E-state index contributed by atoms with van der Waals surface area (Å²) in [4.78, 5) is 11.8. The number of benzene rings is 2. The molecule has 1 unspecified atom stereocenters. The standard InChI is InChI=1S/C16H17ClN2O2/c17-13-5-1-11(2-6-13)9-16(21)19-10-15(20)12-3-7-14(18)8-4-12/h1-8,15,20H,9-10,18H2,(H,19,21). The van der Waals surface area contributed by atoms with Gasteiger partial charge >= 0.3 is 0 Å². The molecule has 0 aliphatic rings. The summed E-state index contributed by atoms with van der Waals surface area (Å²) in [6.45, 7) is 0.163. The second-order valence-corrected chi connectivity index (χ2v) is 5.23. The van der Waals surface area contributed by atoms with Gasteiger partial charge in [0.05, 0.1) is 12.5 Å². The second kappa shape index (κ2) is 7.11. The molecule has 0 heterocycles. The maximum Gasteiger partial charge on any atom is 0.224 e. The first kappa shape index (κ1) is 15.4. The molecule has 110 valence electrons. The Hall–Kier alpha value is -2.04. The number of anilines is 1. The fourth-order valence-corrected chi connectivity index (χ4v) is 2.02. The number of halogens is 1. The molecule has 21 heavy (non-hydrogen) atoms. The van der Waals surface area contributed by atoms with E-state index in [-0.39, 0.29) is 18.9 Å². The lowest BCUT2D eigenvalue weighted by Gasteiger charge is -2.12. The Labute approximate surface area is 128 Å². The molecule has 0 aromatic heterocycles. The minimum absolute atomic E-state index is 0.146. The van der Waals surface area contributed by atoms with Gasteiger partial charge in [-0.15, -0.1) is 0 Å². The number of nitrogens with one attached hydrogen (secondary N) is 1. The minimum atomic E-state index is -0.750. The number of carbonyl (C=O) groups is 1. The number of aliphatic hydroxyl groups excluding tert-OH is 1. The Kier molecular flexibility index (Phi) is 5.20. The van der Waals surface area contributed by atoms with Crippen LogP contribution in [0, 0.1) is 0 Å². The van der Waals surface area contributed by atoms with Crippen molar-refractivity contribution in [2.75, 3.05) is 12.3 Å². The fourth-order valence-electron chi connectivity index (χ4n) is 1.90. The smallest absolute Gasteiger partial charge is 0.224 e. The van der Waals surface area contributed by atoms with Crippen LogP contribution in [0.4, 0.5) is 5.69 Å². The van der Waals surface area contributed by atoms with Crippen molar-refractivity contribution in [2.24, 2.45) is 0 Å². The van der Waals surface area contributed by atoms with Crippen molar-refractivity contribution in [1.82, 2.24) is 5.32 Å². The number of hydrogen-bond donors (Lipinski definition) is 3. The SMILES string of the molecule is Nc1ccc(C(O)CNC(=O)Cc2ccc(Cl)cc2)cc1. The van der Waals surface area contributed by atoms with Gasteiger partial charge in [0.25, 0.3) is 0 Å². The van der Waals surface area contributed by atoms with Crippen LogP contribution in [0.2, 0.25) is 5.02 Å². The molecule has 2 aromatic rings. The van der Waals surface area contributed by atoms with Gasteiger partial charge < -0.3 is 16.2 Å². The predicted molar refractivity (Wildman–Crippen MR) is 84.0 cm³/mol. The van der Waals surface area contributed by atoms with Gasteiger partial charge in [-0.3, -0.25) is 4.79 Å². The average molecular weight is 305 g/mol. The molecule has 0 saturated carbocycles. The third kappa shape index (κ3) is 4.77. The van der Waals surface area contributed by atoms with Gasteiger partial charge in [0, 0.05) is 17.3 Å². The third-order valence-electron chi connectivity index (χ3n) is 3.09. The lowest BCUT2D eigenvalue weighted by atomic mass is 10.1. The highest BCUT2D eigenvalue weighted by atomic mass is 35.5. The van der Waals surface area contributed by atoms with Crippen LogP contribution in [0.5, 0.6) is 0 Å². The lowest BCUT2D eigenvalue weighted by Crippen LogP contribution is -2.29. The number of amides is 1. The molecule has 5 heteroatoms. The third-order valence-corrected chi connectivity index (χ3v) is 3.34. The summed E-state index contributed by atoms with van der Waals surface area (Å²) < 4.78 is 0.